The molecule has 2 N–H and O–H groups in total. The van der Waals surface area contributed by atoms with Gasteiger partial charge in [0.05, 0.1) is 24.2 Å². The van der Waals surface area contributed by atoms with Crippen LogP contribution >= 0.6 is 11.6 Å². The Kier molecular flexibility index (Phi) is 9.34. The molecule has 16 heteroatoms. The molecule has 244 valence electrons. The molecular formula is C29H34ClF3N6O5S. The molecule has 0 aromatic carbocycles. The first-order valence-corrected chi connectivity index (χ1v) is 16.4. The van der Waals surface area contributed by atoms with Crippen molar-refractivity contribution in [2.45, 2.75) is 69.1 Å². The Morgan fingerprint density at radius 1 is 1.11 bits per heavy atom. The van der Waals surface area contributed by atoms with Crippen LogP contribution in [-0.4, -0.2) is 65.5 Å². The molecular weight excluding hydrogens is 637 g/mol. The van der Waals surface area contributed by atoms with Crippen molar-refractivity contribution in [3.8, 4) is 17.6 Å². The van der Waals surface area contributed by atoms with E-state index < -0.39 is 32.5 Å². The van der Waals surface area contributed by atoms with Crippen molar-refractivity contribution in [3.05, 3.63) is 53.3 Å². The highest BCUT2D eigenvalue weighted by molar-refractivity contribution is 7.90. The number of amides is 1. The first-order chi connectivity index (χ1) is 21.2. The standard InChI is InChI=1S/C29H34ClF3N6O5S/c1-27(2)17-19(18-34-27)5-4-15-43-22-6-3-7-24(36-22)45(41,42)38-26(40)20-8-9-21(35-25(20)30)39-14-10-23(37-39)44-16-13-28(11-12-28)29(31,32)33/h3,6-10,14,19,34H,4-5,11-13,15-18H2,1-2H3,(H,38,40). The Hall–Kier alpha value is -3.43. The monoisotopic (exact) mass is 670 g/mol. The molecule has 0 bridgehead atoms. The maximum atomic E-state index is 13.1. The normalized spacial score (nSPS) is 18.8. The highest BCUT2D eigenvalue weighted by atomic mass is 35.5. The van der Waals surface area contributed by atoms with E-state index in [2.05, 4.69) is 34.2 Å². The lowest BCUT2D eigenvalue weighted by Crippen LogP contribution is -2.31. The van der Waals surface area contributed by atoms with Crippen LogP contribution in [0.15, 0.2) is 47.6 Å². The van der Waals surface area contributed by atoms with Gasteiger partial charge in [-0.1, -0.05) is 17.7 Å². The van der Waals surface area contributed by atoms with Crippen molar-refractivity contribution in [2.75, 3.05) is 19.8 Å². The predicted molar refractivity (Wildman–Crippen MR) is 158 cm³/mol. The molecule has 2 aliphatic rings. The van der Waals surface area contributed by atoms with Gasteiger partial charge in [0.15, 0.2) is 10.8 Å². The fourth-order valence-corrected chi connectivity index (χ4v) is 6.47. The van der Waals surface area contributed by atoms with E-state index in [0.29, 0.717) is 12.5 Å². The summed E-state index contributed by atoms with van der Waals surface area (Å²) in [5.74, 6) is -0.0905. The molecule has 1 amide bonds. The molecule has 4 heterocycles. The number of carbonyl (C=O) groups excluding carboxylic acids is 1. The summed E-state index contributed by atoms with van der Waals surface area (Å²) in [7, 11) is -4.38. The lowest BCUT2D eigenvalue weighted by atomic mass is 9.94. The maximum absolute atomic E-state index is 13.1. The molecule has 5 rings (SSSR count). The van der Waals surface area contributed by atoms with Gasteiger partial charge in [0.2, 0.25) is 11.8 Å². The summed E-state index contributed by atoms with van der Waals surface area (Å²) < 4.78 is 79.5. The van der Waals surface area contributed by atoms with Crippen LogP contribution in [0.3, 0.4) is 0 Å². The third-order valence-corrected chi connectivity index (χ3v) is 9.56. The Morgan fingerprint density at radius 3 is 2.53 bits per heavy atom. The topological polar surface area (TPSA) is 137 Å². The summed E-state index contributed by atoms with van der Waals surface area (Å²) in [6, 6.07) is 8.35. The van der Waals surface area contributed by atoms with Crippen LogP contribution in [0.25, 0.3) is 5.82 Å². The number of alkyl halides is 3. The van der Waals surface area contributed by atoms with E-state index in [1.807, 2.05) is 4.72 Å². The third kappa shape index (κ3) is 8.05. The third-order valence-electron chi connectivity index (χ3n) is 8.04. The van der Waals surface area contributed by atoms with Gasteiger partial charge in [-0.3, -0.25) is 4.79 Å². The molecule has 0 radical (unpaired) electrons. The summed E-state index contributed by atoms with van der Waals surface area (Å²) in [5.41, 5.74) is -1.76. The largest absolute Gasteiger partial charge is 0.478 e. The average molecular weight is 671 g/mol. The summed E-state index contributed by atoms with van der Waals surface area (Å²) in [6.07, 6.45) is 0.0565. The van der Waals surface area contributed by atoms with Crippen LogP contribution in [0.1, 0.15) is 62.7 Å². The molecule has 45 heavy (non-hydrogen) atoms. The van der Waals surface area contributed by atoms with Crippen LogP contribution in [-0.2, 0) is 10.0 Å². The molecule has 1 saturated heterocycles. The minimum absolute atomic E-state index is 0.0902. The van der Waals surface area contributed by atoms with Crippen LogP contribution in [0.4, 0.5) is 13.2 Å². The molecule has 3 aromatic heterocycles. The summed E-state index contributed by atoms with van der Waals surface area (Å²) in [5, 5.41) is 6.91. The van der Waals surface area contributed by atoms with Crippen molar-refractivity contribution in [2.24, 2.45) is 11.3 Å². The molecule has 1 aliphatic carbocycles. The predicted octanol–water partition coefficient (Wildman–Crippen LogP) is 5.09. The van der Waals surface area contributed by atoms with Crippen LogP contribution in [0.5, 0.6) is 11.8 Å². The number of rotatable bonds is 13. The van der Waals surface area contributed by atoms with Crippen molar-refractivity contribution < 1.29 is 35.9 Å². The van der Waals surface area contributed by atoms with Gasteiger partial charge in [-0.15, -0.1) is 5.10 Å². The second-order valence-electron chi connectivity index (χ2n) is 12.1. The number of hydrogen-bond donors (Lipinski definition) is 2. The lowest BCUT2D eigenvalue weighted by Gasteiger charge is -2.18. The summed E-state index contributed by atoms with van der Waals surface area (Å²) in [6.45, 7) is 5.52. The Labute approximate surface area is 263 Å². The highest BCUT2D eigenvalue weighted by Gasteiger charge is 2.62. The number of hydrogen-bond acceptors (Lipinski definition) is 9. The van der Waals surface area contributed by atoms with Gasteiger partial charge in [0, 0.05) is 23.9 Å². The van der Waals surface area contributed by atoms with Crippen LogP contribution < -0.4 is 19.5 Å². The zero-order valence-corrected chi connectivity index (χ0v) is 26.3. The number of nitrogens with zero attached hydrogens (tertiary/aromatic N) is 4. The Balaban J connectivity index is 1.14. The first-order valence-electron chi connectivity index (χ1n) is 14.5. The van der Waals surface area contributed by atoms with Gasteiger partial charge >= 0.3 is 6.18 Å². The number of pyridine rings is 2. The molecule has 3 aromatic rings. The zero-order chi connectivity index (χ0) is 32.5. The molecule has 0 spiro atoms. The minimum atomic E-state index is -4.38. The van der Waals surface area contributed by atoms with E-state index in [-0.39, 0.29) is 59.7 Å². The quantitative estimate of drug-likeness (QED) is 0.188. The van der Waals surface area contributed by atoms with E-state index in [9.17, 15) is 26.4 Å². The summed E-state index contributed by atoms with van der Waals surface area (Å²) >= 11 is 6.21. The van der Waals surface area contributed by atoms with E-state index in [1.165, 1.54) is 41.2 Å². The van der Waals surface area contributed by atoms with Crippen molar-refractivity contribution in [3.63, 3.8) is 0 Å². The maximum Gasteiger partial charge on any atom is 0.394 e. The molecule has 11 nitrogen and oxygen atoms in total. The fourth-order valence-electron chi connectivity index (χ4n) is 5.31. The minimum Gasteiger partial charge on any atom is -0.478 e. The number of ether oxygens (including phenoxy) is 2. The highest BCUT2D eigenvalue weighted by Crippen LogP contribution is 2.59. The number of carbonyl (C=O) groups is 1. The van der Waals surface area contributed by atoms with Crippen LogP contribution in [0, 0.1) is 11.3 Å². The van der Waals surface area contributed by atoms with E-state index >= 15 is 0 Å². The SMILES string of the molecule is CC1(C)CC(CCCOc2cccc(S(=O)(=O)NC(=O)c3ccc(-n4ccc(OCCC5(C(F)(F)F)CC5)n4)nc3Cl)n2)CN1. The molecule has 1 unspecified atom stereocenters. The molecule has 1 atom stereocenters. The van der Waals surface area contributed by atoms with E-state index in [1.54, 1.807) is 6.07 Å². The first kappa shape index (κ1) is 32.9. The summed E-state index contributed by atoms with van der Waals surface area (Å²) in [4.78, 5) is 21.0. The van der Waals surface area contributed by atoms with Crippen LogP contribution in [0.2, 0.25) is 5.15 Å². The number of aromatic nitrogens is 4. The van der Waals surface area contributed by atoms with Gasteiger partial charge < -0.3 is 14.8 Å². The van der Waals surface area contributed by atoms with Crippen molar-refractivity contribution in [1.29, 1.82) is 0 Å². The van der Waals surface area contributed by atoms with E-state index in [4.69, 9.17) is 21.1 Å². The van der Waals surface area contributed by atoms with Gasteiger partial charge in [-0.2, -0.15) is 26.6 Å². The van der Waals surface area contributed by atoms with E-state index in [0.717, 1.165) is 25.8 Å². The smallest absolute Gasteiger partial charge is 0.394 e. The molecule has 2 fully saturated rings. The van der Waals surface area contributed by atoms with Crippen molar-refractivity contribution >= 4 is 27.5 Å². The number of halogens is 4. The van der Waals surface area contributed by atoms with Gasteiger partial charge in [0.1, 0.15) is 5.15 Å². The number of nitrogens with one attached hydrogen (secondary N) is 2. The zero-order valence-electron chi connectivity index (χ0n) is 24.7. The molecule has 1 saturated carbocycles. The van der Waals surface area contributed by atoms with Gasteiger partial charge in [-0.25, -0.2) is 14.4 Å². The van der Waals surface area contributed by atoms with Gasteiger partial charge in [-0.05, 0) is 83.0 Å². The number of sulfonamides is 1. The fraction of sp³-hybridized carbons (Fsp3) is 0.517. The van der Waals surface area contributed by atoms with Gasteiger partial charge in [0.25, 0.3) is 15.9 Å². The Morgan fingerprint density at radius 2 is 1.87 bits per heavy atom. The average Bonchev–Trinajstić information content (AvgIpc) is 3.49. The molecule has 1 aliphatic heterocycles. The lowest BCUT2D eigenvalue weighted by molar-refractivity contribution is -0.190. The Bertz CT molecular complexity index is 1640. The second-order valence-corrected chi connectivity index (χ2v) is 14.0. The van der Waals surface area contributed by atoms with Crippen molar-refractivity contribution in [1.82, 2.24) is 29.8 Å². The second kappa shape index (κ2) is 12.8.